The predicted octanol–water partition coefficient (Wildman–Crippen LogP) is 2.04. The lowest BCUT2D eigenvalue weighted by Gasteiger charge is -2.11. The lowest BCUT2D eigenvalue weighted by Crippen LogP contribution is -2.26. The molecule has 144 valence electrons. The van der Waals surface area contributed by atoms with Gasteiger partial charge in [-0.25, -0.2) is 0 Å². The number of aromatic hydroxyl groups is 1. The molecule has 2 rings (SSSR count). The molecule has 0 radical (unpaired) electrons. The van der Waals surface area contributed by atoms with E-state index >= 15 is 0 Å². The van der Waals surface area contributed by atoms with Gasteiger partial charge in [0.05, 0.1) is 11.5 Å². The largest absolute Gasteiger partial charge is 0.507 e. The number of thiophene rings is 1. The number of amides is 1. The highest BCUT2D eigenvalue weighted by atomic mass is 32.1. The van der Waals surface area contributed by atoms with Gasteiger partial charge < -0.3 is 19.7 Å². The first kappa shape index (κ1) is 20.6. The quantitative estimate of drug-likeness (QED) is 0.428. The molecule has 0 aliphatic rings. The highest BCUT2D eigenvalue weighted by Crippen LogP contribution is 2.23. The number of ether oxygens (including phenoxy) is 1. The first-order valence-electron chi connectivity index (χ1n) is 8.26. The average Bonchev–Trinajstić information content (AvgIpc) is 3.12. The Morgan fingerprint density at radius 1 is 1.33 bits per heavy atom. The number of allylic oxidation sites excluding steroid dienone is 1. The zero-order chi connectivity index (χ0) is 20.1. The normalized spacial score (nSPS) is 11.1. The highest BCUT2D eigenvalue weighted by molar-refractivity contribution is 7.14. The van der Waals surface area contributed by atoms with E-state index in [4.69, 9.17) is 4.74 Å². The van der Waals surface area contributed by atoms with Gasteiger partial charge in [-0.05, 0) is 38.1 Å². The predicted molar refractivity (Wildman–Crippen MR) is 105 cm³/mol. The van der Waals surface area contributed by atoms with E-state index in [1.165, 1.54) is 28.1 Å². The SMILES string of the molecule is COCCNC(=O)c1ccc(C=CC(=O)c2c(O)c(C)c(C)n(C)c2=O)s1. The number of nitrogens with zero attached hydrogens (tertiary/aromatic N) is 1. The molecule has 0 saturated carbocycles. The lowest BCUT2D eigenvalue weighted by atomic mass is 10.1. The standard InChI is InChI=1S/C19H22N2O5S/c1-11-12(2)21(3)19(25)16(17(11)23)14(22)7-5-13-6-8-15(27-13)18(24)20-9-10-26-4/h5-8,23H,9-10H2,1-4H3,(H,20,24). The van der Waals surface area contributed by atoms with E-state index in [1.807, 2.05) is 0 Å². The molecule has 0 spiro atoms. The zero-order valence-electron chi connectivity index (χ0n) is 15.7. The maximum atomic E-state index is 12.4. The Morgan fingerprint density at radius 2 is 2.04 bits per heavy atom. The maximum Gasteiger partial charge on any atom is 0.265 e. The van der Waals surface area contributed by atoms with Gasteiger partial charge in [0.15, 0.2) is 5.78 Å². The van der Waals surface area contributed by atoms with Crippen molar-refractivity contribution in [2.24, 2.45) is 7.05 Å². The minimum Gasteiger partial charge on any atom is -0.507 e. The summed E-state index contributed by atoms with van der Waals surface area (Å²) in [5, 5.41) is 12.9. The van der Waals surface area contributed by atoms with E-state index in [1.54, 1.807) is 40.1 Å². The molecule has 2 aromatic heterocycles. The fraction of sp³-hybridized carbons (Fsp3) is 0.316. The van der Waals surface area contributed by atoms with Gasteiger partial charge in [0.1, 0.15) is 11.3 Å². The Morgan fingerprint density at radius 3 is 2.70 bits per heavy atom. The van der Waals surface area contributed by atoms with Gasteiger partial charge in [-0.3, -0.25) is 14.4 Å². The number of pyridine rings is 1. The second kappa shape index (κ2) is 8.79. The van der Waals surface area contributed by atoms with Crippen LogP contribution < -0.4 is 10.9 Å². The molecule has 0 aliphatic carbocycles. The Balaban J connectivity index is 2.19. The number of carbonyl (C=O) groups is 2. The zero-order valence-corrected chi connectivity index (χ0v) is 16.5. The topological polar surface area (TPSA) is 97.6 Å². The third-order valence-electron chi connectivity index (χ3n) is 4.24. The van der Waals surface area contributed by atoms with Crippen LogP contribution in [0.3, 0.4) is 0 Å². The van der Waals surface area contributed by atoms with E-state index in [0.29, 0.717) is 34.2 Å². The summed E-state index contributed by atoms with van der Waals surface area (Å²) < 4.78 is 6.21. The van der Waals surface area contributed by atoms with E-state index < -0.39 is 11.3 Å². The molecule has 2 heterocycles. The molecule has 0 fully saturated rings. The van der Waals surface area contributed by atoms with Crippen LogP contribution in [0.25, 0.3) is 6.08 Å². The van der Waals surface area contributed by atoms with Crippen LogP contribution in [0, 0.1) is 13.8 Å². The van der Waals surface area contributed by atoms with Gasteiger partial charge in [0.2, 0.25) is 0 Å². The van der Waals surface area contributed by atoms with Crippen LogP contribution >= 0.6 is 11.3 Å². The summed E-state index contributed by atoms with van der Waals surface area (Å²) in [5.41, 5.74) is 0.279. The van der Waals surface area contributed by atoms with Gasteiger partial charge in [0.25, 0.3) is 11.5 Å². The summed E-state index contributed by atoms with van der Waals surface area (Å²) in [6, 6.07) is 3.36. The van der Waals surface area contributed by atoms with Crippen LogP contribution in [-0.2, 0) is 11.8 Å². The van der Waals surface area contributed by atoms with Gasteiger partial charge >= 0.3 is 0 Å². The van der Waals surface area contributed by atoms with Crippen molar-refractivity contribution in [3.63, 3.8) is 0 Å². The van der Waals surface area contributed by atoms with Gasteiger partial charge in [-0.1, -0.05) is 0 Å². The average molecular weight is 390 g/mol. The van der Waals surface area contributed by atoms with Crippen LogP contribution in [0.5, 0.6) is 5.75 Å². The fourth-order valence-electron chi connectivity index (χ4n) is 2.41. The molecule has 1 amide bonds. The van der Waals surface area contributed by atoms with Crippen molar-refractivity contribution in [1.29, 1.82) is 0 Å². The number of rotatable bonds is 7. The van der Waals surface area contributed by atoms with E-state index in [-0.39, 0.29) is 17.2 Å². The molecule has 0 unspecified atom stereocenters. The van der Waals surface area contributed by atoms with Crippen LogP contribution in [-0.4, -0.2) is 41.6 Å². The number of methoxy groups -OCH3 is 1. The van der Waals surface area contributed by atoms with Crippen molar-refractivity contribution in [1.82, 2.24) is 9.88 Å². The summed E-state index contributed by atoms with van der Waals surface area (Å²) >= 11 is 1.22. The third kappa shape index (κ3) is 4.53. The summed E-state index contributed by atoms with van der Waals surface area (Å²) in [7, 11) is 3.11. The summed E-state index contributed by atoms with van der Waals surface area (Å²) in [6.45, 7) is 4.18. The molecule has 27 heavy (non-hydrogen) atoms. The fourth-order valence-corrected chi connectivity index (χ4v) is 3.24. The summed E-state index contributed by atoms with van der Waals surface area (Å²) in [5.74, 6) is -1.10. The Hall–Kier alpha value is -2.71. The summed E-state index contributed by atoms with van der Waals surface area (Å²) in [4.78, 5) is 37.9. The van der Waals surface area contributed by atoms with Gasteiger partial charge in [-0.15, -0.1) is 11.3 Å². The van der Waals surface area contributed by atoms with Crippen molar-refractivity contribution in [3.05, 3.63) is 55.1 Å². The highest BCUT2D eigenvalue weighted by Gasteiger charge is 2.19. The molecular formula is C19H22N2O5S. The number of nitrogens with one attached hydrogen (secondary N) is 1. The number of aromatic nitrogens is 1. The van der Waals surface area contributed by atoms with Crippen molar-refractivity contribution < 1.29 is 19.4 Å². The third-order valence-corrected chi connectivity index (χ3v) is 5.29. The molecule has 0 saturated heterocycles. The minimum atomic E-state index is -0.587. The molecular weight excluding hydrogens is 368 g/mol. The Labute approximate surface area is 160 Å². The molecule has 7 nitrogen and oxygen atoms in total. The van der Waals surface area contributed by atoms with Crippen LogP contribution in [0.4, 0.5) is 0 Å². The molecule has 0 aromatic carbocycles. The number of carbonyl (C=O) groups excluding carboxylic acids is 2. The number of hydrogen-bond donors (Lipinski definition) is 2. The van der Waals surface area contributed by atoms with Crippen molar-refractivity contribution in [2.45, 2.75) is 13.8 Å². The maximum absolute atomic E-state index is 12.4. The van der Waals surface area contributed by atoms with Crippen molar-refractivity contribution >= 4 is 29.1 Å². The second-order valence-corrected chi connectivity index (χ2v) is 7.06. The van der Waals surface area contributed by atoms with E-state index in [9.17, 15) is 19.5 Å². The molecule has 0 atom stereocenters. The van der Waals surface area contributed by atoms with E-state index in [0.717, 1.165) is 0 Å². The molecule has 2 aromatic rings. The molecule has 2 N–H and O–H groups in total. The first-order valence-corrected chi connectivity index (χ1v) is 9.08. The monoisotopic (exact) mass is 390 g/mol. The minimum absolute atomic E-state index is 0.219. The van der Waals surface area contributed by atoms with Crippen LogP contribution in [0.1, 0.15) is 36.2 Å². The van der Waals surface area contributed by atoms with E-state index in [2.05, 4.69) is 5.32 Å². The van der Waals surface area contributed by atoms with Crippen molar-refractivity contribution in [3.8, 4) is 5.75 Å². The second-order valence-electron chi connectivity index (χ2n) is 5.95. The Bertz CT molecular complexity index is 956. The Kier molecular flexibility index (Phi) is 6.70. The van der Waals surface area contributed by atoms with Gasteiger partial charge in [0, 0.05) is 36.8 Å². The smallest absolute Gasteiger partial charge is 0.265 e. The summed E-state index contributed by atoms with van der Waals surface area (Å²) in [6.07, 6.45) is 2.75. The lowest BCUT2D eigenvalue weighted by molar-refractivity contribution is 0.0940. The number of ketones is 1. The van der Waals surface area contributed by atoms with Crippen LogP contribution in [0.2, 0.25) is 0 Å². The first-order chi connectivity index (χ1) is 12.8. The molecule has 0 aliphatic heterocycles. The van der Waals surface area contributed by atoms with Crippen LogP contribution in [0.15, 0.2) is 23.0 Å². The molecule has 0 bridgehead atoms. The number of hydrogen-bond acceptors (Lipinski definition) is 6. The van der Waals surface area contributed by atoms with Crippen molar-refractivity contribution in [2.75, 3.05) is 20.3 Å². The molecule has 8 heteroatoms. The van der Waals surface area contributed by atoms with Gasteiger partial charge in [-0.2, -0.15) is 0 Å².